The number of para-hydroxylation sites is 2. The molecule has 2 heterocycles. The van der Waals surface area contributed by atoms with Crippen LogP contribution in [0.15, 0.2) is 83.7 Å². The maximum absolute atomic E-state index is 13.5. The van der Waals surface area contributed by atoms with E-state index in [4.69, 9.17) is 0 Å². The molecule has 6 nitrogen and oxygen atoms in total. The van der Waals surface area contributed by atoms with E-state index in [0.29, 0.717) is 29.6 Å². The molecule has 0 unspecified atom stereocenters. The first-order valence-corrected chi connectivity index (χ1v) is 11.9. The van der Waals surface area contributed by atoms with Crippen LogP contribution < -0.4 is 10.9 Å². The molecule has 6 heteroatoms. The predicted molar refractivity (Wildman–Crippen MR) is 138 cm³/mol. The van der Waals surface area contributed by atoms with E-state index in [1.807, 2.05) is 67.6 Å². The Kier molecular flexibility index (Phi) is 6.19. The number of nitrogens with one attached hydrogen (secondary N) is 1. The fourth-order valence-corrected chi connectivity index (χ4v) is 4.80. The summed E-state index contributed by atoms with van der Waals surface area (Å²) in [6.45, 7) is 3.01. The lowest BCUT2D eigenvalue weighted by molar-refractivity contribution is -0.116. The molecule has 176 valence electrons. The van der Waals surface area contributed by atoms with E-state index in [2.05, 4.69) is 11.4 Å². The lowest BCUT2D eigenvalue weighted by atomic mass is 9.98. The number of amides is 2. The van der Waals surface area contributed by atoms with Crippen LogP contribution in [0.5, 0.6) is 0 Å². The quantitative estimate of drug-likeness (QED) is 0.475. The van der Waals surface area contributed by atoms with E-state index >= 15 is 0 Å². The van der Waals surface area contributed by atoms with Crippen molar-refractivity contribution in [1.29, 1.82) is 0 Å². The zero-order valence-electron chi connectivity index (χ0n) is 19.7. The molecular weight excluding hydrogens is 438 g/mol. The Bertz CT molecular complexity index is 1490. The molecule has 5 rings (SSSR count). The number of pyridine rings is 1. The van der Waals surface area contributed by atoms with Crippen molar-refractivity contribution < 1.29 is 9.59 Å². The maximum atomic E-state index is 13.5. The summed E-state index contributed by atoms with van der Waals surface area (Å²) in [7, 11) is 0. The van der Waals surface area contributed by atoms with Gasteiger partial charge in [-0.05, 0) is 41.7 Å². The van der Waals surface area contributed by atoms with Crippen molar-refractivity contribution in [2.75, 3.05) is 11.9 Å². The van der Waals surface area contributed by atoms with Crippen LogP contribution in [0.4, 0.5) is 5.69 Å². The maximum Gasteiger partial charge on any atom is 0.255 e. The molecule has 1 aliphatic rings. The topological polar surface area (TPSA) is 71.4 Å². The van der Waals surface area contributed by atoms with E-state index in [9.17, 15) is 14.4 Å². The zero-order valence-corrected chi connectivity index (χ0v) is 19.7. The van der Waals surface area contributed by atoms with Gasteiger partial charge in [-0.1, -0.05) is 67.6 Å². The Hall–Kier alpha value is -4.19. The van der Waals surface area contributed by atoms with Crippen molar-refractivity contribution in [2.24, 2.45) is 0 Å². The molecule has 3 aromatic carbocycles. The molecule has 0 atom stereocenters. The minimum Gasteiger partial charge on any atom is -0.334 e. The highest BCUT2D eigenvalue weighted by Gasteiger charge is 2.24. The van der Waals surface area contributed by atoms with Gasteiger partial charge in [-0.15, -0.1) is 0 Å². The molecule has 0 spiro atoms. The van der Waals surface area contributed by atoms with E-state index in [1.54, 1.807) is 11.0 Å². The smallest absolute Gasteiger partial charge is 0.255 e. The molecule has 0 saturated carbocycles. The summed E-state index contributed by atoms with van der Waals surface area (Å²) in [5.41, 5.74) is 4.74. The Morgan fingerprint density at radius 2 is 1.63 bits per heavy atom. The minimum absolute atomic E-state index is 0.136. The number of benzene rings is 3. The van der Waals surface area contributed by atoms with Gasteiger partial charge < -0.3 is 10.2 Å². The molecule has 4 aromatic rings. The van der Waals surface area contributed by atoms with Gasteiger partial charge in [0.25, 0.3) is 11.5 Å². The second-order valence-electron chi connectivity index (χ2n) is 8.80. The molecule has 1 N–H and O–H groups in total. The molecule has 1 aliphatic heterocycles. The van der Waals surface area contributed by atoms with E-state index in [1.165, 1.54) is 16.2 Å². The van der Waals surface area contributed by atoms with Crippen LogP contribution >= 0.6 is 0 Å². The van der Waals surface area contributed by atoms with Crippen molar-refractivity contribution in [3.05, 3.63) is 111 Å². The second-order valence-corrected chi connectivity index (χ2v) is 8.80. The molecule has 0 fully saturated rings. The predicted octanol–water partition coefficient (Wildman–Crippen LogP) is 4.40. The van der Waals surface area contributed by atoms with Crippen molar-refractivity contribution >= 4 is 28.4 Å². The third-order valence-corrected chi connectivity index (χ3v) is 6.64. The third kappa shape index (κ3) is 4.47. The first-order chi connectivity index (χ1) is 17.0. The molecule has 1 aromatic heterocycles. The van der Waals surface area contributed by atoms with Crippen LogP contribution in [0.25, 0.3) is 10.9 Å². The van der Waals surface area contributed by atoms with Crippen LogP contribution in [-0.2, 0) is 30.7 Å². The highest BCUT2D eigenvalue weighted by atomic mass is 16.2. The number of carbonyl (C=O) groups excluding carboxylic acids is 2. The summed E-state index contributed by atoms with van der Waals surface area (Å²) < 4.78 is 1.43. The molecule has 0 saturated heterocycles. The van der Waals surface area contributed by atoms with Crippen molar-refractivity contribution in [3.8, 4) is 0 Å². The minimum atomic E-state index is -0.372. The molecule has 0 radical (unpaired) electrons. The number of fused-ring (bicyclic) bond motifs is 2. The van der Waals surface area contributed by atoms with Gasteiger partial charge in [-0.25, -0.2) is 0 Å². The Labute approximate surface area is 203 Å². The van der Waals surface area contributed by atoms with E-state index in [-0.39, 0.29) is 23.9 Å². The van der Waals surface area contributed by atoms with Crippen molar-refractivity contribution in [2.45, 2.75) is 32.9 Å². The van der Waals surface area contributed by atoms with Crippen LogP contribution in [0.2, 0.25) is 0 Å². The van der Waals surface area contributed by atoms with Gasteiger partial charge in [0.05, 0.1) is 11.1 Å². The monoisotopic (exact) mass is 465 g/mol. The molecular formula is C29H27N3O3. The zero-order chi connectivity index (χ0) is 24.4. The van der Waals surface area contributed by atoms with Crippen molar-refractivity contribution in [3.63, 3.8) is 0 Å². The van der Waals surface area contributed by atoms with E-state index in [0.717, 1.165) is 29.7 Å². The fraction of sp³-hybridized carbons (Fsp3) is 0.207. The summed E-state index contributed by atoms with van der Waals surface area (Å²) in [5.74, 6) is -0.453. The lowest BCUT2D eigenvalue weighted by Crippen LogP contribution is -2.37. The van der Waals surface area contributed by atoms with Gasteiger partial charge in [0.15, 0.2) is 0 Å². The average molecular weight is 466 g/mol. The number of carbonyl (C=O) groups is 2. The van der Waals surface area contributed by atoms with Gasteiger partial charge in [0.1, 0.15) is 6.54 Å². The van der Waals surface area contributed by atoms with Gasteiger partial charge in [0, 0.05) is 30.2 Å². The van der Waals surface area contributed by atoms with Gasteiger partial charge in [-0.3, -0.25) is 19.0 Å². The number of aromatic nitrogens is 1. The molecule has 2 amide bonds. The number of hydrogen-bond acceptors (Lipinski definition) is 3. The summed E-state index contributed by atoms with van der Waals surface area (Å²) in [6.07, 6.45) is 1.58. The van der Waals surface area contributed by atoms with Gasteiger partial charge in [-0.2, -0.15) is 0 Å². The number of hydrogen-bond donors (Lipinski definition) is 1. The number of nitrogens with zero attached hydrogens (tertiary/aromatic N) is 2. The van der Waals surface area contributed by atoms with Crippen LogP contribution in [0, 0.1) is 0 Å². The van der Waals surface area contributed by atoms with E-state index < -0.39 is 0 Å². The highest BCUT2D eigenvalue weighted by Crippen LogP contribution is 2.24. The summed E-state index contributed by atoms with van der Waals surface area (Å²) in [6, 6.07) is 24.4. The SMILES string of the molecule is CCc1ccccc1NC(=O)Cn1c(=O)cc(C(=O)N2CCc3ccccc3C2)c2ccccc21. The van der Waals surface area contributed by atoms with Crippen LogP contribution in [0.3, 0.4) is 0 Å². The van der Waals surface area contributed by atoms with Crippen LogP contribution in [-0.4, -0.2) is 27.8 Å². The number of anilines is 1. The summed E-state index contributed by atoms with van der Waals surface area (Å²) in [4.78, 5) is 41.4. The first-order valence-electron chi connectivity index (χ1n) is 11.9. The molecule has 0 aliphatic carbocycles. The standard InChI is InChI=1S/C29H27N3O3/c1-2-20-9-5-7-13-25(20)30-27(33)19-32-26-14-8-6-12-23(26)24(17-28(32)34)29(35)31-16-15-21-10-3-4-11-22(21)18-31/h3-14,17H,2,15-16,18-19H2,1H3,(H,30,33). The average Bonchev–Trinajstić information content (AvgIpc) is 2.89. The summed E-state index contributed by atoms with van der Waals surface area (Å²) >= 11 is 0. The Morgan fingerprint density at radius 1 is 0.914 bits per heavy atom. The summed E-state index contributed by atoms with van der Waals surface area (Å²) in [5, 5.41) is 3.59. The molecule has 35 heavy (non-hydrogen) atoms. The Morgan fingerprint density at radius 3 is 2.46 bits per heavy atom. The molecule has 0 bridgehead atoms. The van der Waals surface area contributed by atoms with Crippen LogP contribution in [0.1, 0.15) is 34.0 Å². The van der Waals surface area contributed by atoms with Crippen molar-refractivity contribution in [1.82, 2.24) is 9.47 Å². The first kappa shape index (κ1) is 22.6. The largest absolute Gasteiger partial charge is 0.334 e. The normalized spacial score (nSPS) is 12.9. The van der Waals surface area contributed by atoms with Gasteiger partial charge >= 0.3 is 0 Å². The second kappa shape index (κ2) is 9.58. The fourth-order valence-electron chi connectivity index (χ4n) is 4.80. The number of rotatable bonds is 5. The Balaban J connectivity index is 1.45. The third-order valence-electron chi connectivity index (χ3n) is 6.64. The van der Waals surface area contributed by atoms with Gasteiger partial charge in [0.2, 0.25) is 5.91 Å². The lowest BCUT2D eigenvalue weighted by Gasteiger charge is -2.29. The number of aryl methyl sites for hydroxylation is 1. The highest BCUT2D eigenvalue weighted by molar-refractivity contribution is 6.06.